The molecule has 12 amide bonds. The van der Waals surface area contributed by atoms with Crippen LogP contribution in [-0.2, 0) is 67.6 Å². The highest BCUT2D eigenvalue weighted by Crippen LogP contribution is 2.41. The van der Waals surface area contributed by atoms with Crippen LogP contribution in [0.25, 0.3) is 0 Å². The molecule has 37 heteroatoms. The molecule has 6 aliphatic heterocycles. The van der Waals surface area contributed by atoms with Crippen LogP contribution in [0, 0.1) is 0 Å². The number of morpholine rings is 1. The Bertz CT molecular complexity index is 7100. The van der Waals surface area contributed by atoms with Crippen molar-refractivity contribution in [3.8, 4) is 0 Å². The molecule has 6 aliphatic rings. The molecule has 146 heavy (non-hydrogen) atoms. The number of nitrogens with zero attached hydrogens (tertiary/aromatic N) is 11. The summed E-state index contributed by atoms with van der Waals surface area (Å²) >= 11 is 3.02. The summed E-state index contributed by atoms with van der Waals surface area (Å²) in [6, 6.07) is 85.4. The molecule has 0 spiro atoms. The van der Waals surface area contributed by atoms with E-state index >= 15 is 0 Å². The first-order valence-electron chi connectivity index (χ1n) is 46.3. The first-order valence-corrected chi connectivity index (χ1v) is 48.9. The van der Waals surface area contributed by atoms with Gasteiger partial charge in [-0.3, -0.25) is 88.4 Å². The zero-order valence-corrected chi connectivity index (χ0v) is 80.5. The maximum Gasteiger partial charge on any atom is 0.434 e. The lowest BCUT2D eigenvalue weighted by molar-refractivity contribution is -0.140. The average molecular weight is 2020 g/mol. The minimum absolute atomic E-state index is 0.126. The molecule has 1 fully saturated rings. The van der Waals surface area contributed by atoms with E-state index in [1.54, 1.807) is 152 Å². The summed E-state index contributed by atoms with van der Waals surface area (Å²) in [5.74, 6) is -3.43. The van der Waals surface area contributed by atoms with Crippen molar-refractivity contribution in [3.63, 3.8) is 0 Å². The molecule has 21 rings (SSSR count). The highest BCUT2D eigenvalue weighted by molar-refractivity contribution is 7.14. The first-order chi connectivity index (χ1) is 71.0. The highest BCUT2D eigenvalue weighted by atomic mass is 32.1. The Labute approximate surface area is 847 Å². The van der Waals surface area contributed by atoms with Gasteiger partial charge in [-0.2, -0.15) is 13.2 Å². The van der Waals surface area contributed by atoms with Crippen LogP contribution in [0.15, 0.2) is 338 Å². The molecule has 1 saturated heterocycles. The van der Waals surface area contributed by atoms with Crippen molar-refractivity contribution >= 4 is 132 Å². The molecule has 10 aromatic carbocycles. The molecule has 5 atom stereocenters. The largest absolute Gasteiger partial charge is 0.434 e. The number of carbonyl (C=O) groups is 12. The van der Waals surface area contributed by atoms with Crippen molar-refractivity contribution < 1.29 is 75.4 Å². The average Bonchev–Trinajstić information content (AvgIpc) is 1.64. The number of halogens is 3. The molecule has 5 aromatic heterocycles. The summed E-state index contributed by atoms with van der Waals surface area (Å²) in [5.41, 5.74) is 11.7. The lowest BCUT2D eigenvalue weighted by atomic mass is 10.0. The fraction of sp³-hybridized carbons (Fsp3) is 0.165. The quantitative estimate of drug-likeness (QED) is 0.0279. The smallest absolute Gasteiger partial charge is 0.379 e. The molecule has 0 saturated carbocycles. The van der Waals surface area contributed by atoms with Gasteiger partial charge < -0.3 is 50.5 Å². The Morgan fingerprint density at radius 1 is 0.342 bits per heavy atom. The van der Waals surface area contributed by atoms with E-state index < -0.39 is 48.0 Å². The SMILES string of the molecule is CNC(=O)c1csc(NC(=O)[C@@H](c2ccccc2)N2Cc3ccccc3C2=O)n1.O=C(NCCN1CCOCC1)c1csc(NC(=O)[C@@H](c2ccccc2)N2Cc3ccccc3C2=O)n1.O=C(Nc1cccnc1)[C@@H](c1ccccc1)N1Cc2ccccc2C1=O.O=C(Nc1ccncc1)[C@@H](c1ccccc1)N1Cc2ccccc2C1=O.O=C(Nc1nc(C(F)(F)F)cs1)[C@@H](c1ccccc1)N1Cc2ccccc2C1=O. The van der Waals surface area contributed by atoms with Crippen LogP contribution >= 0.6 is 34.0 Å². The highest BCUT2D eigenvalue weighted by Gasteiger charge is 2.44. The molecule has 0 unspecified atom stereocenters. The van der Waals surface area contributed by atoms with Gasteiger partial charge in [-0.1, -0.05) is 243 Å². The number of hydrogen-bond acceptors (Lipinski definition) is 22. The maximum absolute atomic E-state index is 13.5. The normalized spacial score (nSPS) is 14.7. The number of rotatable bonds is 25. The number of aromatic nitrogens is 5. The fourth-order valence-corrected chi connectivity index (χ4v) is 19.6. The van der Waals surface area contributed by atoms with Gasteiger partial charge in [0.2, 0.25) is 0 Å². The van der Waals surface area contributed by atoms with Crippen molar-refractivity contribution in [3.05, 3.63) is 439 Å². The van der Waals surface area contributed by atoms with Crippen molar-refractivity contribution in [2.75, 3.05) is 73.0 Å². The van der Waals surface area contributed by atoms with E-state index in [0.29, 0.717) is 123 Å². The zero-order valence-electron chi connectivity index (χ0n) is 78.1. The lowest BCUT2D eigenvalue weighted by Gasteiger charge is -2.27. The maximum atomic E-state index is 13.5. The van der Waals surface area contributed by atoms with Crippen LogP contribution in [-0.4, -0.2) is 172 Å². The summed E-state index contributed by atoms with van der Waals surface area (Å²) in [4.78, 5) is 185. The molecule has 7 N–H and O–H groups in total. The van der Waals surface area contributed by atoms with E-state index in [1.165, 1.54) is 23.3 Å². The van der Waals surface area contributed by atoms with Crippen molar-refractivity contribution in [1.82, 2.24) is 65.0 Å². The second-order valence-electron chi connectivity index (χ2n) is 33.8. The monoisotopic (exact) mass is 2010 g/mol. The first kappa shape index (κ1) is 100. The standard InChI is InChI=1S/C26H27N5O4S.C21H18N4O3S.2C21H17N3O2.C20H14F3N3O2S/c32-23(27-10-11-30-12-14-35-15-13-30)21-17-36-26(28-21)29-24(33)22(18-6-2-1-3-7-18)31-16-19-8-4-5-9-20(19)25(31)34;1-22-18(26)16-12-29-21(23-16)24-19(27)17(13-7-3-2-4-8-13)25-11-14-9-5-6-10-15(14)20(25)28;25-20(23-17-10-6-12-22-13-17)19(15-7-2-1-3-8-15)24-14-16-9-4-5-11-18(16)21(24)26;25-20(23-17-10-12-22-13-11-17)19(15-6-2-1-3-7-15)24-14-16-8-4-5-9-18(16)21(24)26;21-20(22,23)15-11-29-19(24-15)25-17(27)16(12-6-2-1-3-7-12)26-10-13-8-4-5-9-14(13)18(26)28/h1-9,17,22H,10-16H2,(H,27,32)(H,28,29,33);2-10,12,17H,11H2,1H3,(H,22,26)(H,23,24,27);1-13,19H,14H2,(H,23,25);1-13,19H,14H2,(H,22,23,25);1-9,11,16H,10H2,(H,24,25,27)/t22-;17-;2*19-;16-/m11111/s1. The van der Waals surface area contributed by atoms with Gasteiger partial charge in [0.05, 0.1) is 25.1 Å². The van der Waals surface area contributed by atoms with E-state index in [2.05, 4.69) is 67.0 Å². The van der Waals surface area contributed by atoms with Gasteiger partial charge in [-0.25, -0.2) is 15.0 Å². The number of ether oxygens (including phenoxy) is 1. The zero-order chi connectivity index (χ0) is 102. The number of carbonyl (C=O) groups excluding carboxylic acids is 12. The van der Waals surface area contributed by atoms with E-state index in [4.69, 9.17) is 4.74 Å². The lowest BCUT2D eigenvalue weighted by Crippen LogP contribution is -2.41. The molecule has 0 bridgehead atoms. The summed E-state index contributed by atoms with van der Waals surface area (Å²) in [6.45, 7) is 6.14. The molecule has 0 radical (unpaired) electrons. The predicted octanol–water partition coefficient (Wildman–Crippen LogP) is 16.7. The second-order valence-corrected chi connectivity index (χ2v) is 36.4. The Morgan fingerprint density at radius 3 is 0.952 bits per heavy atom. The number of hydrogen-bond donors (Lipinski definition) is 7. The second kappa shape index (κ2) is 46.6. The van der Waals surface area contributed by atoms with Crippen molar-refractivity contribution in [2.24, 2.45) is 0 Å². The third-order valence-corrected chi connectivity index (χ3v) is 26.8. The van der Waals surface area contributed by atoms with Crippen LogP contribution in [0.2, 0.25) is 0 Å². The molecule has 736 valence electrons. The Morgan fingerprint density at radius 2 is 0.644 bits per heavy atom. The van der Waals surface area contributed by atoms with Gasteiger partial charge in [0.1, 0.15) is 41.6 Å². The Kier molecular flexibility index (Phi) is 32.0. The van der Waals surface area contributed by atoms with E-state index in [9.17, 15) is 70.7 Å². The van der Waals surface area contributed by atoms with Crippen LogP contribution in [0.4, 0.5) is 39.9 Å². The number of benzene rings is 10. The number of nitrogens with one attached hydrogen (secondary N) is 7. The minimum Gasteiger partial charge on any atom is -0.379 e. The number of pyridine rings is 2. The van der Waals surface area contributed by atoms with Gasteiger partial charge in [0.25, 0.3) is 70.9 Å². The van der Waals surface area contributed by atoms with Gasteiger partial charge in [0, 0.05) is 134 Å². The minimum atomic E-state index is -4.59. The molecular formula is C109H93F3N18O13S3. The van der Waals surface area contributed by atoms with Crippen LogP contribution in [0.1, 0.15) is 164 Å². The molecule has 31 nitrogen and oxygen atoms in total. The summed E-state index contributed by atoms with van der Waals surface area (Å²) < 4.78 is 43.7. The van der Waals surface area contributed by atoms with Crippen LogP contribution in [0.3, 0.4) is 0 Å². The third kappa shape index (κ3) is 23.7. The molecule has 11 heterocycles. The predicted molar refractivity (Wildman–Crippen MR) is 543 cm³/mol. The number of fused-ring (bicyclic) bond motifs is 5. The van der Waals surface area contributed by atoms with E-state index in [1.807, 2.05) is 200 Å². The van der Waals surface area contributed by atoms with Gasteiger partial charge in [-0.15, -0.1) is 34.0 Å². The third-order valence-electron chi connectivity index (χ3n) is 24.5. The van der Waals surface area contributed by atoms with Crippen LogP contribution in [0.5, 0.6) is 0 Å². The number of anilines is 5. The van der Waals surface area contributed by atoms with E-state index in [-0.39, 0.29) is 88.0 Å². The number of thiazole rings is 3. The number of alkyl halides is 3. The van der Waals surface area contributed by atoms with Crippen molar-refractivity contribution in [1.29, 1.82) is 0 Å². The summed E-state index contributed by atoms with van der Waals surface area (Å²) in [6.07, 6.45) is 1.87. The summed E-state index contributed by atoms with van der Waals surface area (Å²) in [7, 11) is 1.52. The van der Waals surface area contributed by atoms with E-state index in [0.717, 1.165) is 75.3 Å². The topological polar surface area (TPSA) is 382 Å². The Hall–Kier alpha value is -17.3. The van der Waals surface area contributed by atoms with Gasteiger partial charge in [0.15, 0.2) is 21.1 Å². The molecular weight excluding hydrogens is 1920 g/mol. The summed E-state index contributed by atoms with van der Waals surface area (Å²) in [5, 5.41) is 23.6. The number of amides is 12. The van der Waals surface area contributed by atoms with Crippen LogP contribution < -0.4 is 37.2 Å². The van der Waals surface area contributed by atoms with Gasteiger partial charge >= 0.3 is 6.18 Å². The fourth-order valence-electron chi connectivity index (χ4n) is 17.5. The van der Waals surface area contributed by atoms with Gasteiger partial charge in [-0.05, 0) is 110 Å². The Balaban J connectivity index is 0.000000125. The molecule has 0 aliphatic carbocycles. The molecule has 15 aromatic rings. The van der Waals surface area contributed by atoms with Crippen molar-refractivity contribution in [2.45, 2.75) is 69.1 Å².